The lowest BCUT2D eigenvalue weighted by molar-refractivity contribution is 0.314. The Morgan fingerprint density at radius 3 is 2.74 bits per heavy atom. The molecule has 0 saturated carbocycles. The molecule has 19 heavy (non-hydrogen) atoms. The number of hydrogen-bond acceptors (Lipinski definition) is 4. The lowest BCUT2D eigenvalue weighted by Gasteiger charge is -2.10. The van der Waals surface area contributed by atoms with Crippen molar-refractivity contribution in [1.29, 1.82) is 0 Å². The molecular weight excluding hydrogens is 360 g/mol. The Bertz CT molecular complexity index is 757. The Balaban J connectivity index is 2.03. The zero-order valence-corrected chi connectivity index (χ0v) is 12.1. The van der Waals surface area contributed by atoms with E-state index < -0.39 is 5.82 Å². The zero-order valence-electron chi connectivity index (χ0n) is 9.95. The highest BCUT2D eigenvalue weighted by molar-refractivity contribution is 14.1. The first kappa shape index (κ1) is 12.3. The van der Waals surface area contributed by atoms with Gasteiger partial charge in [0, 0.05) is 9.26 Å². The molecule has 3 aromatic rings. The van der Waals surface area contributed by atoms with Crippen molar-refractivity contribution in [1.82, 2.24) is 10.3 Å². The first-order chi connectivity index (χ1) is 9.15. The van der Waals surface area contributed by atoms with Crippen molar-refractivity contribution in [3.63, 3.8) is 0 Å². The summed E-state index contributed by atoms with van der Waals surface area (Å²) in [5.74, 6) is -0.461. The number of halogens is 2. The molecule has 0 aliphatic heterocycles. The van der Waals surface area contributed by atoms with Gasteiger partial charge >= 0.3 is 0 Å². The van der Waals surface area contributed by atoms with Gasteiger partial charge in [-0.05, 0) is 75.7 Å². The van der Waals surface area contributed by atoms with Crippen molar-refractivity contribution < 1.29 is 9.02 Å². The molecule has 0 radical (unpaired) electrons. The maximum Gasteiger partial charge on any atom is 0.178 e. The quantitative estimate of drug-likeness (QED) is 0.694. The smallest absolute Gasteiger partial charge is 0.178 e. The molecule has 0 spiro atoms. The monoisotopic (exact) mass is 369 g/mol. The maximum absolute atomic E-state index is 14.2. The van der Waals surface area contributed by atoms with Crippen LogP contribution in [-0.2, 0) is 0 Å². The minimum Gasteiger partial charge on any atom is -0.353 e. The Morgan fingerprint density at radius 2 is 1.95 bits per heavy atom. The molecular formula is C13H9FIN3O. The second kappa shape index (κ2) is 4.76. The molecule has 0 fully saturated rings. The molecule has 0 atom stereocenters. The number of aromatic nitrogens is 2. The minimum absolute atomic E-state index is 0.133. The number of anilines is 2. The molecule has 4 nitrogen and oxygen atoms in total. The molecule has 0 aliphatic rings. The van der Waals surface area contributed by atoms with E-state index in [-0.39, 0.29) is 5.52 Å². The fraction of sp³-hybridized carbons (Fsp3) is 0.0769. The molecule has 96 valence electrons. The number of nitrogens with one attached hydrogen (secondary N) is 1. The van der Waals surface area contributed by atoms with Gasteiger partial charge in [0.2, 0.25) is 0 Å². The Labute approximate surface area is 122 Å². The van der Waals surface area contributed by atoms with Crippen LogP contribution >= 0.6 is 22.6 Å². The van der Waals surface area contributed by atoms with E-state index in [0.29, 0.717) is 11.2 Å². The third kappa shape index (κ3) is 2.27. The summed E-state index contributed by atoms with van der Waals surface area (Å²) in [5, 5.41) is 10.2. The fourth-order valence-electron chi connectivity index (χ4n) is 1.83. The second-order valence-electron chi connectivity index (χ2n) is 4.14. The highest BCUT2D eigenvalue weighted by Gasteiger charge is 2.12. The van der Waals surface area contributed by atoms with E-state index in [4.69, 9.17) is 0 Å². The van der Waals surface area contributed by atoms with E-state index in [1.807, 2.05) is 25.1 Å². The Hall–Kier alpha value is -1.70. The SMILES string of the molecule is Cc1cc(I)ccc1Nc1ccc2nonc2c1F. The van der Waals surface area contributed by atoms with Gasteiger partial charge in [-0.3, -0.25) is 0 Å². The van der Waals surface area contributed by atoms with Crippen molar-refractivity contribution in [2.45, 2.75) is 6.92 Å². The predicted molar refractivity (Wildman–Crippen MR) is 78.9 cm³/mol. The van der Waals surface area contributed by atoms with E-state index in [2.05, 4.69) is 42.9 Å². The predicted octanol–water partition coefficient (Wildman–Crippen LogP) is 4.02. The summed E-state index contributed by atoms with van der Waals surface area (Å²) >= 11 is 2.24. The maximum atomic E-state index is 14.2. The van der Waals surface area contributed by atoms with Crippen LogP contribution in [0.1, 0.15) is 5.56 Å². The second-order valence-corrected chi connectivity index (χ2v) is 5.39. The van der Waals surface area contributed by atoms with Gasteiger partial charge in [-0.1, -0.05) is 0 Å². The molecule has 1 heterocycles. The third-order valence-electron chi connectivity index (χ3n) is 2.82. The summed E-state index contributed by atoms with van der Waals surface area (Å²) in [4.78, 5) is 0. The highest BCUT2D eigenvalue weighted by Crippen LogP contribution is 2.27. The fourth-order valence-corrected chi connectivity index (χ4v) is 2.48. The van der Waals surface area contributed by atoms with Crippen LogP contribution in [0.5, 0.6) is 0 Å². The molecule has 0 saturated heterocycles. The standard InChI is InChI=1S/C13H9FIN3O/c1-7-6-8(15)2-3-9(7)16-10-4-5-11-13(12(10)14)18-19-17-11/h2-6,16H,1H3. The van der Waals surface area contributed by atoms with E-state index in [9.17, 15) is 4.39 Å². The first-order valence-electron chi connectivity index (χ1n) is 5.59. The topological polar surface area (TPSA) is 51.0 Å². The van der Waals surface area contributed by atoms with Crippen LogP contribution in [-0.4, -0.2) is 10.3 Å². The van der Waals surface area contributed by atoms with Crippen molar-refractivity contribution >= 4 is 45.0 Å². The van der Waals surface area contributed by atoms with E-state index in [1.54, 1.807) is 12.1 Å². The average molecular weight is 369 g/mol. The van der Waals surface area contributed by atoms with Gasteiger partial charge in [0.1, 0.15) is 5.52 Å². The molecule has 0 amide bonds. The molecule has 6 heteroatoms. The number of aryl methyl sites for hydroxylation is 1. The van der Waals surface area contributed by atoms with Crippen LogP contribution in [0, 0.1) is 16.3 Å². The van der Waals surface area contributed by atoms with Gasteiger partial charge in [-0.15, -0.1) is 0 Å². The van der Waals surface area contributed by atoms with Crippen molar-refractivity contribution in [3.05, 3.63) is 45.3 Å². The largest absolute Gasteiger partial charge is 0.353 e. The van der Waals surface area contributed by atoms with Crippen molar-refractivity contribution in [2.24, 2.45) is 0 Å². The Kier molecular flexibility index (Phi) is 3.09. The number of benzene rings is 2. The zero-order chi connectivity index (χ0) is 13.4. The molecule has 0 bridgehead atoms. The van der Waals surface area contributed by atoms with Gasteiger partial charge in [-0.25, -0.2) is 9.02 Å². The molecule has 0 aliphatic carbocycles. The number of fused-ring (bicyclic) bond motifs is 1. The van der Waals surface area contributed by atoms with Gasteiger partial charge < -0.3 is 5.32 Å². The normalized spacial score (nSPS) is 10.9. The van der Waals surface area contributed by atoms with Gasteiger partial charge in [-0.2, -0.15) is 0 Å². The molecule has 1 N–H and O–H groups in total. The van der Waals surface area contributed by atoms with Crippen molar-refractivity contribution in [3.8, 4) is 0 Å². The van der Waals surface area contributed by atoms with Crippen LogP contribution in [0.4, 0.5) is 15.8 Å². The van der Waals surface area contributed by atoms with Crippen LogP contribution in [0.25, 0.3) is 11.0 Å². The summed E-state index contributed by atoms with van der Waals surface area (Å²) in [5.41, 5.74) is 2.79. The van der Waals surface area contributed by atoms with E-state index >= 15 is 0 Å². The summed E-state index contributed by atoms with van der Waals surface area (Å²) in [6.45, 7) is 1.97. The lowest BCUT2D eigenvalue weighted by Crippen LogP contribution is -1.97. The van der Waals surface area contributed by atoms with Crippen LogP contribution in [0.3, 0.4) is 0 Å². The summed E-state index contributed by atoms with van der Waals surface area (Å²) in [7, 11) is 0. The first-order valence-corrected chi connectivity index (χ1v) is 6.67. The Morgan fingerprint density at radius 1 is 1.16 bits per heavy atom. The molecule has 1 aromatic heterocycles. The van der Waals surface area contributed by atoms with Gasteiger partial charge in [0.05, 0.1) is 5.69 Å². The average Bonchev–Trinajstić information content (AvgIpc) is 2.85. The molecule has 0 unspecified atom stereocenters. The van der Waals surface area contributed by atoms with E-state index in [1.165, 1.54) is 0 Å². The van der Waals surface area contributed by atoms with Crippen LogP contribution < -0.4 is 5.32 Å². The molecule has 3 rings (SSSR count). The lowest BCUT2D eigenvalue weighted by atomic mass is 10.2. The van der Waals surface area contributed by atoms with Gasteiger partial charge in [0.15, 0.2) is 11.3 Å². The van der Waals surface area contributed by atoms with Crippen molar-refractivity contribution in [2.75, 3.05) is 5.32 Å². The van der Waals surface area contributed by atoms with Crippen LogP contribution in [0.15, 0.2) is 35.0 Å². The molecule has 2 aromatic carbocycles. The van der Waals surface area contributed by atoms with Crippen LogP contribution in [0.2, 0.25) is 0 Å². The number of hydrogen-bond donors (Lipinski definition) is 1. The summed E-state index contributed by atoms with van der Waals surface area (Å²) in [6.07, 6.45) is 0. The summed E-state index contributed by atoms with van der Waals surface area (Å²) < 4.78 is 19.8. The minimum atomic E-state index is -0.461. The number of rotatable bonds is 2. The third-order valence-corrected chi connectivity index (χ3v) is 3.49. The summed E-state index contributed by atoms with van der Waals surface area (Å²) in [6, 6.07) is 9.20. The van der Waals surface area contributed by atoms with Gasteiger partial charge in [0.25, 0.3) is 0 Å². The highest BCUT2D eigenvalue weighted by atomic mass is 127. The number of nitrogens with zero attached hydrogens (tertiary/aromatic N) is 2. The van der Waals surface area contributed by atoms with E-state index in [0.717, 1.165) is 14.8 Å².